The van der Waals surface area contributed by atoms with Crippen molar-refractivity contribution < 1.29 is 31.4 Å². The Morgan fingerprint density at radius 3 is 1.65 bits per heavy atom. The minimum Gasteiger partial charge on any atom is -0.394 e. The fourth-order valence-electron chi connectivity index (χ4n) is 15.4. The molecule has 5 aliphatic heterocycles. The number of benzene rings is 1. The SMILES string of the molecule is C[n+]1c2n(c3nc4ccncn4c31)Cc1cccnc1-2.[2H]C([2H])([2H])[n+]1c2n(c3nc4ccncn4c31)Cc1cccnc1-2.c1ccc(-n2c3[n+](c4nc5ccncn5c42)Cc2cccnc2-3)cc1.c1cnc2c(c1)C[n+]1c-2oc2c3cnccn3cc21.c1cnc2c(c1)C[n+]1c-2sc2c3cnccn3cc21. The second kappa shape index (κ2) is 21.7. The summed E-state index contributed by atoms with van der Waals surface area (Å²) in [5.74, 6) is 3.58. The van der Waals surface area contributed by atoms with E-state index in [1.807, 2.05) is 140 Å². The Balaban J connectivity index is 0.0000000830. The van der Waals surface area contributed by atoms with Gasteiger partial charge in [0.2, 0.25) is 28.0 Å². The zero-order chi connectivity index (χ0) is 70.2. The number of hydrogen-bond acceptors (Lipinski definition) is 15. The predicted molar refractivity (Wildman–Crippen MR) is 377 cm³/mol. The van der Waals surface area contributed by atoms with Crippen molar-refractivity contribution >= 4 is 94.5 Å². The highest BCUT2D eigenvalue weighted by atomic mass is 32.1. The van der Waals surface area contributed by atoms with E-state index in [1.165, 1.54) is 47.6 Å². The van der Waals surface area contributed by atoms with Crippen LogP contribution in [-0.2, 0) is 46.7 Å². The maximum Gasteiger partial charge on any atom is 0.401 e. The van der Waals surface area contributed by atoms with E-state index in [4.69, 9.17) is 18.5 Å². The van der Waals surface area contributed by atoms with E-state index in [2.05, 4.69) is 142 Å². The first kappa shape index (κ1) is 54.0. The standard InChI is InChI=1S/C19H13N6.2C14H11N6.C14H9N4O.C14H9N4S/c1-2-6-14(7-3-1)25-18-16-13(5-4-9-21-16)11-23(18)17-19(25)24-12-20-10-8-15(24)22-17;2*1-18-13-11-9(3-2-5-16-11)7-19(13)12-14(18)20-8-15-6-4-10(20)17-12;2*1-2-9-7-18-11-8-17-5-4-15-6-10(17)13(11)19-14(18)12(9)16-3-1/h1-10,12H,11H2;2*2-6,8H,7H2,1H3;2*1-6,8H,7H2/q5*+1/i;1D3;;;. The van der Waals surface area contributed by atoms with Crippen LogP contribution in [0.4, 0.5) is 0 Å². The fraction of sp³-hybridized carbons (Fsp3) is 0.0933. The first-order valence-electron chi connectivity index (χ1n) is 34.7. The molecule has 0 spiro atoms. The van der Waals surface area contributed by atoms with Gasteiger partial charge in [-0.25, -0.2) is 71.7 Å². The Labute approximate surface area is 587 Å². The number of fused-ring (bicyclic) bond motifs is 35. The molecule has 1 aromatic carbocycles. The Morgan fingerprint density at radius 2 is 0.990 bits per heavy atom. The number of oxazole rings is 1. The van der Waals surface area contributed by atoms with Crippen molar-refractivity contribution in [2.45, 2.75) is 32.7 Å². The molecule has 26 rings (SSSR count). The van der Waals surface area contributed by atoms with Crippen molar-refractivity contribution in [3.63, 3.8) is 0 Å². The summed E-state index contributed by atoms with van der Waals surface area (Å²) in [5.41, 5.74) is 24.9. The summed E-state index contributed by atoms with van der Waals surface area (Å²) in [7, 11) is 2.05. The normalized spacial score (nSPS) is 13.5. The van der Waals surface area contributed by atoms with Gasteiger partial charge in [-0.3, -0.25) is 9.97 Å². The molecule has 103 heavy (non-hydrogen) atoms. The molecule has 0 atom stereocenters. The summed E-state index contributed by atoms with van der Waals surface area (Å²) in [6, 6.07) is 36.2. The number of aryl methyl sites for hydroxylation is 2. The molecule has 28 heteroatoms. The number of aromatic nitrogens is 26. The third-order valence-electron chi connectivity index (χ3n) is 19.8. The molecule has 0 fully saturated rings. The number of thiazole rings is 1. The highest BCUT2D eigenvalue weighted by Gasteiger charge is 2.41. The van der Waals surface area contributed by atoms with Gasteiger partial charge >= 0.3 is 11.5 Å². The minimum absolute atomic E-state index is 0.513. The molecule has 21 aromatic rings. The Morgan fingerprint density at radius 1 is 0.466 bits per heavy atom. The fourth-order valence-corrected chi connectivity index (χ4v) is 16.6. The Kier molecular flexibility index (Phi) is 11.4. The zero-order valence-electron chi connectivity index (χ0n) is 57.3. The van der Waals surface area contributed by atoms with Gasteiger partial charge < -0.3 is 13.2 Å². The average Bonchev–Trinajstić information content (AvgIpc) is 1.55. The van der Waals surface area contributed by atoms with Crippen LogP contribution in [0, 0.1) is 0 Å². The number of nitrogens with zero attached hydrogens (tertiary/aromatic N) is 26. The van der Waals surface area contributed by atoms with E-state index in [1.54, 1.807) is 71.6 Å². The second-order valence-electron chi connectivity index (χ2n) is 25.5. The van der Waals surface area contributed by atoms with Crippen LogP contribution in [0.1, 0.15) is 31.9 Å². The second-order valence-corrected chi connectivity index (χ2v) is 26.5. The summed E-state index contributed by atoms with van der Waals surface area (Å²) < 4.78 is 57.8. The molecule has 0 saturated carbocycles. The van der Waals surface area contributed by atoms with E-state index in [9.17, 15) is 0 Å². The smallest absolute Gasteiger partial charge is 0.394 e. The highest BCUT2D eigenvalue weighted by Crippen LogP contribution is 2.39. The van der Waals surface area contributed by atoms with E-state index >= 15 is 0 Å². The number of imidazole rings is 6. The third kappa shape index (κ3) is 8.30. The summed E-state index contributed by atoms with van der Waals surface area (Å²) in [4.78, 5) is 57.6. The van der Waals surface area contributed by atoms with Gasteiger partial charge in [0.05, 0.1) is 79.2 Å². The molecular formula is C75H53N26OS+5. The van der Waals surface area contributed by atoms with Gasteiger partial charge in [0, 0.05) is 109 Å². The summed E-state index contributed by atoms with van der Waals surface area (Å²) in [6.45, 7) is 1.57. The molecule has 0 aliphatic carbocycles. The quantitative estimate of drug-likeness (QED) is 0.141. The van der Waals surface area contributed by atoms with Crippen molar-refractivity contribution in [1.29, 1.82) is 0 Å². The van der Waals surface area contributed by atoms with Gasteiger partial charge in [-0.1, -0.05) is 52.7 Å². The lowest BCUT2D eigenvalue weighted by atomic mass is 10.2. The van der Waals surface area contributed by atoms with E-state index in [0.717, 1.165) is 128 Å². The largest absolute Gasteiger partial charge is 0.401 e. The minimum atomic E-state index is -2.34. The number of para-hydroxylation sites is 1. The molecule has 0 radical (unpaired) electrons. The number of pyridine rings is 5. The van der Waals surface area contributed by atoms with Crippen molar-refractivity contribution in [3.8, 4) is 62.5 Å². The van der Waals surface area contributed by atoms with Gasteiger partial charge in [0.25, 0.3) is 56.2 Å². The summed E-state index contributed by atoms with van der Waals surface area (Å²) in [6.07, 6.45) is 34.9. The molecule has 20 aromatic heterocycles. The van der Waals surface area contributed by atoms with E-state index < -0.39 is 6.98 Å². The molecule has 0 saturated heterocycles. The topological polar surface area (TPSA) is 237 Å². The molecule has 25 heterocycles. The lowest BCUT2D eigenvalue weighted by Gasteiger charge is -2.03. The van der Waals surface area contributed by atoms with Crippen LogP contribution < -0.4 is 22.8 Å². The number of rotatable bonds is 1. The van der Waals surface area contributed by atoms with Crippen LogP contribution in [0.25, 0.3) is 146 Å². The first-order valence-corrected chi connectivity index (χ1v) is 34.0. The van der Waals surface area contributed by atoms with Crippen molar-refractivity contribution in [3.05, 3.63) is 255 Å². The van der Waals surface area contributed by atoms with Crippen molar-refractivity contribution in [2.24, 2.45) is 14.0 Å². The summed E-state index contributed by atoms with van der Waals surface area (Å²) >= 11 is 1.80. The van der Waals surface area contributed by atoms with Crippen LogP contribution in [0.3, 0.4) is 0 Å². The van der Waals surface area contributed by atoms with Gasteiger partial charge in [0.1, 0.15) is 39.3 Å². The third-order valence-corrected chi connectivity index (χ3v) is 21.1. The molecule has 0 amide bonds. The first-order chi connectivity index (χ1) is 52.1. The van der Waals surface area contributed by atoms with E-state index in [0.29, 0.717) is 35.0 Å². The molecule has 0 N–H and O–H groups in total. The van der Waals surface area contributed by atoms with Crippen LogP contribution in [0.15, 0.2) is 232 Å². The highest BCUT2D eigenvalue weighted by molar-refractivity contribution is 7.22. The van der Waals surface area contributed by atoms with Gasteiger partial charge in [-0.05, 0) is 54.6 Å². The maximum atomic E-state index is 7.99. The summed E-state index contributed by atoms with van der Waals surface area (Å²) in [5, 5.41) is 1.26. The molecule has 5 aliphatic rings. The predicted octanol–water partition coefficient (Wildman–Crippen LogP) is 8.30. The van der Waals surface area contributed by atoms with Gasteiger partial charge in [-0.2, -0.15) is 23.3 Å². The lowest BCUT2D eigenvalue weighted by molar-refractivity contribution is -0.649. The van der Waals surface area contributed by atoms with Crippen LogP contribution in [0.2, 0.25) is 0 Å². The molecule has 27 nitrogen and oxygen atoms in total. The molecule has 0 unspecified atom stereocenters. The lowest BCUT2D eigenvalue weighted by Crippen LogP contribution is -2.31. The monoisotopic (exact) mass is 1370 g/mol. The van der Waals surface area contributed by atoms with E-state index in [-0.39, 0.29) is 0 Å². The van der Waals surface area contributed by atoms with Gasteiger partial charge in [0.15, 0.2) is 37.1 Å². The Bertz CT molecular complexity index is 7090. The average molecular weight is 1370 g/mol. The van der Waals surface area contributed by atoms with Crippen LogP contribution in [0.5, 0.6) is 0 Å². The number of hydrogen-bond donors (Lipinski definition) is 0. The molecule has 490 valence electrons. The van der Waals surface area contributed by atoms with Crippen LogP contribution >= 0.6 is 11.3 Å². The molecule has 0 bridgehead atoms. The zero-order valence-corrected chi connectivity index (χ0v) is 55.2. The van der Waals surface area contributed by atoms with Crippen molar-refractivity contribution in [2.75, 3.05) is 0 Å². The van der Waals surface area contributed by atoms with Gasteiger partial charge in [-0.15, -0.1) is 4.57 Å². The molecular weight excluding hydrogens is 1310 g/mol. The maximum absolute atomic E-state index is 7.99. The van der Waals surface area contributed by atoms with Crippen molar-refractivity contribution in [1.82, 2.24) is 100 Å². The van der Waals surface area contributed by atoms with Crippen LogP contribution in [-0.4, -0.2) is 100 Å². The Hall–Kier alpha value is -14.0.